The van der Waals surface area contributed by atoms with Gasteiger partial charge in [-0.2, -0.15) is 5.10 Å². The fourth-order valence-electron chi connectivity index (χ4n) is 1.41. The summed E-state index contributed by atoms with van der Waals surface area (Å²) in [4.78, 5) is 4.12. The minimum atomic E-state index is 0.315. The molecule has 0 atom stereocenters. The molecule has 2 heterocycles. The zero-order chi connectivity index (χ0) is 12.3. The maximum atomic E-state index is 5.60. The topological polar surface area (TPSA) is 66.0 Å². The van der Waals surface area contributed by atoms with Gasteiger partial charge < -0.3 is 10.5 Å². The molecule has 2 N–H and O–H groups in total. The molecular weight excluding hydrogens is 216 g/mol. The molecule has 0 saturated heterocycles. The van der Waals surface area contributed by atoms with Gasteiger partial charge in [-0.3, -0.25) is 4.68 Å². The average Bonchev–Trinajstić information content (AvgIpc) is 2.78. The molecule has 5 nitrogen and oxygen atoms in total. The van der Waals surface area contributed by atoms with Crippen molar-refractivity contribution < 1.29 is 4.74 Å². The molecule has 17 heavy (non-hydrogen) atoms. The van der Waals surface area contributed by atoms with Crippen molar-refractivity contribution in [2.75, 3.05) is 0 Å². The van der Waals surface area contributed by atoms with E-state index in [1.807, 2.05) is 23.0 Å². The Morgan fingerprint density at radius 3 is 2.94 bits per heavy atom. The molecule has 0 bridgehead atoms. The van der Waals surface area contributed by atoms with E-state index < -0.39 is 0 Å². The van der Waals surface area contributed by atoms with E-state index in [0.717, 1.165) is 5.56 Å². The van der Waals surface area contributed by atoms with Gasteiger partial charge in [0, 0.05) is 24.8 Å². The molecule has 5 heteroatoms. The maximum absolute atomic E-state index is 5.60. The smallest absolute Gasteiger partial charge is 0.219 e. The Morgan fingerprint density at radius 2 is 2.29 bits per heavy atom. The monoisotopic (exact) mass is 232 g/mol. The SMILES string of the molecule is CC(C)n1cc(Oc2cc(CN)ccn2)cn1. The van der Waals surface area contributed by atoms with Gasteiger partial charge in [0.15, 0.2) is 5.75 Å². The van der Waals surface area contributed by atoms with Gasteiger partial charge in [-0.15, -0.1) is 0 Å². The van der Waals surface area contributed by atoms with E-state index in [1.165, 1.54) is 0 Å². The second kappa shape index (κ2) is 4.97. The van der Waals surface area contributed by atoms with E-state index >= 15 is 0 Å². The van der Waals surface area contributed by atoms with Crippen molar-refractivity contribution in [1.29, 1.82) is 0 Å². The molecule has 0 aromatic carbocycles. The normalized spacial score (nSPS) is 10.8. The highest BCUT2D eigenvalue weighted by atomic mass is 16.5. The van der Waals surface area contributed by atoms with Crippen LogP contribution in [0.25, 0.3) is 0 Å². The van der Waals surface area contributed by atoms with Gasteiger partial charge in [0.2, 0.25) is 5.88 Å². The van der Waals surface area contributed by atoms with Crippen molar-refractivity contribution in [2.24, 2.45) is 5.73 Å². The van der Waals surface area contributed by atoms with Crippen molar-refractivity contribution in [3.05, 3.63) is 36.3 Å². The van der Waals surface area contributed by atoms with Crippen LogP contribution in [0.4, 0.5) is 0 Å². The van der Waals surface area contributed by atoms with Crippen molar-refractivity contribution in [3.8, 4) is 11.6 Å². The summed E-state index contributed by atoms with van der Waals surface area (Å²) < 4.78 is 7.44. The zero-order valence-electron chi connectivity index (χ0n) is 10.00. The summed E-state index contributed by atoms with van der Waals surface area (Å²) >= 11 is 0. The van der Waals surface area contributed by atoms with E-state index in [1.54, 1.807) is 12.4 Å². The quantitative estimate of drug-likeness (QED) is 0.876. The van der Waals surface area contributed by atoms with E-state index in [4.69, 9.17) is 10.5 Å². The van der Waals surface area contributed by atoms with Crippen LogP contribution in [-0.2, 0) is 6.54 Å². The number of pyridine rings is 1. The van der Waals surface area contributed by atoms with Crippen LogP contribution in [0.2, 0.25) is 0 Å². The van der Waals surface area contributed by atoms with E-state index in [9.17, 15) is 0 Å². The highest BCUT2D eigenvalue weighted by Gasteiger charge is 2.04. The third kappa shape index (κ3) is 2.82. The summed E-state index contributed by atoms with van der Waals surface area (Å²) in [6.45, 7) is 4.60. The second-order valence-electron chi connectivity index (χ2n) is 4.06. The Kier molecular flexibility index (Phi) is 3.39. The molecule has 2 aromatic rings. The first-order valence-corrected chi connectivity index (χ1v) is 5.56. The van der Waals surface area contributed by atoms with E-state index in [0.29, 0.717) is 24.2 Å². The lowest BCUT2D eigenvalue weighted by Gasteiger charge is -2.04. The van der Waals surface area contributed by atoms with Gasteiger partial charge in [-0.1, -0.05) is 0 Å². The van der Waals surface area contributed by atoms with Crippen LogP contribution in [0.5, 0.6) is 11.6 Å². The van der Waals surface area contributed by atoms with Gasteiger partial charge in [-0.25, -0.2) is 4.98 Å². The number of rotatable bonds is 4. The first kappa shape index (κ1) is 11.6. The lowest BCUT2D eigenvalue weighted by atomic mass is 10.3. The van der Waals surface area contributed by atoms with Crippen molar-refractivity contribution >= 4 is 0 Å². The van der Waals surface area contributed by atoms with Crippen LogP contribution < -0.4 is 10.5 Å². The van der Waals surface area contributed by atoms with Crippen molar-refractivity contribution in [1.82, 2.24) is 14.8 Å². The molecule has 0 radical (unpaired) electrons. The van der Waals surface area contributed by atoms with Gasteiger partial charge in [0.05, 0.1) is 12.4 Å². The molecule has 0 aliphatic carbocycles. The minimum Gasteiger partial charge on any atom is -0.436 e. The molecule has 2 rings (SSSR count). The molecule has 0 unspecified atom stereocenters. The Hall–Kier alpha value is -1.88. The van der Waals surface area contributed by atoms with Gasteiger partial charge in [0.25, 0.3) is 0 Å². The van der Waals surface area contributed by atoms with Crippen LogP contribution in [0, 0.1) is 0 Å². The Balaban J connectivity index is 2.13. The first-order valence-electron chi connectivity index (χ1n) is 5.56. The number of aromatic nitrogens is 3. The Morgan fingerprint density at radius 1 is 1.47 bits per heavy atom. The van der Waals surface area contributed by atoms with Gasteiger partial charge in [0.1, 0.15) is 0 Å². The summed E-state index contributed by atoms with van der Waals surface area (Å²) in [5.41, 5.74) is 6.55. The highest BCUT2D eigenvalue weighted by Crippen LogP contribution is 2.20. The summed E-state index contributed by atoms with van der Waals surface area (Å²) in [6, 6.07) is 4.01. The molecule has 0 fully saturated rings. The Bertz CT molecular complexity index is 493. The number of hydrogen-bond acceptors (Lipinski definition) is 4. The first-order chi connectivity index (χ1) is 8.19. The molecule has 0 aliphatic rings. The Labute approximate surface area is 100 Å². The van der Waals surface area contributed by atoms with E-state index in [-0.39, 0.29) is 0 Å². The molecular formula is C12H16N4O. The van der Waals surface area contributed by atoms with Gasteiger partial charge >= 0.3 is 0 Å². The van der Waals surface area contributed by atoms with Crippen LogP contribution in [-0.4, -0.2) is 14.8 Å². The second-order valence-corrected chi connectivity index (χ2v) is 4.06. The highest BCUT2D eigenvalue weighted by molar-refractivity contribution is 5.25. The molecule has 0 amide bonds. The fraction of sp³-hybridized carbons (Fsp3) is 0.333. The zero-order valence-corrected chi connectivity index (χ0v) is 10.00. The number of ether oxygens (including phenoxy) is 1. The lowest BCUT2D eigenvalue weighted by Crippen LogP contribution is -1.99. The third-order valence-electron chi connectivity index (χ3n) is 2.36. The molecule has 0 saturated carbocycles. The van der Waals surface area contributed by atoms with Crippen molar-refractivity contribution in [3.63, 3.8) is 0 Å². The van der Waals surface area contributed by atoms with Crippen LogP contribution in [0.3, 0.4) is 0 Å². The molecule has 90 valence electrons. The van der Waals surface area contributed by atoms with E-state index in [2.05, 4.69) is 23.9 Å². The van der Waals surface area contributed by atoms with Crippen LogP contribution in [0.15, 0.2) is 30.7 Å². The predicted molar refractivity (Wildman–Crippen MR) is 64.8 cm³/mol. The summed E-state index contributed by atoms with van der Waals surface area (Å²) in [6.07, 6.45) is 5.21. The molecule has 0 aliphatic heterocycles. The molecule has 2 aromatic heterocycles. The largest absolute Gasteiger partial charge is 0.436 e. The van der Waals surface area contributed by atoms with Crippen LogP contribution >= 0.6 is 0 Å². The van der Waals surface area contributed by atoms with Gasteiger partial charge in [-0.05, 0) is 25.5 Å². The summed E-state index contributed by atoms with van der Waals surface area (Å²) in [5, 5.41) is 4.19. The standard InChI is InChI=1S/C12H16N4O/c1-9(2)16-8-11(7-15-16)17-12-5-10(6-13)3-4-14-12/h3-5,7-9H,6,13H2,1-2H3. The maximum Gasteiger partial charge on any atom is 0.219 e. The number of hydrogen-bond donors (Lipinski definition) is 1. The number of nitrogens with zero attached hydrogens (tertiary/aromatic N) is 3. The number of nitrogens with two attached hydrogens (primary N) is 1. The lowest BCUT2D eigenvalue weighted by molar-refractivity contribution is 0.458. The minimum absolute atomic E-state index is 0.315. The van der Waals surface area contributed by atoms with Crippen LogP contribution in [0.1, 0.15) is 25.5 Å². The summed E-state index contributed by atoms with van der Waals surface area (Å²) in [7, 11) is 0. The summed E-state index contributed by atoms with van der Waals surface area (Å²) in [5.74, 6) is 1.22. The third-order valence-corrected chi connectivity index (χ3v) is 2.36. The molecule has 0 spiro atoms. The predicted octanol–water partition coefficient (Wildman–Crippen LogP) is 2.11. The van der Waals surface area contributed by atoms with Crippen molar-refractivity contribution in [2.45, 2.75) is 26.4 Å². The average molecular weight is 232 g/mol. The fourth-order valence-corrected chi connectivity index (χ4v) is 1.41.